The van der Waals surface area contributed by atoms with Crippen LogP contribution in [0.2, 0.25) is 0 Å². The number of hydrogen-bond donors (Lipinski definition) is 0. The van der Waals surface area contributed by atoms with Gasteiger partial charge in [-0.15, -0.1) is 11.3 Å². The first kappa shape index (κ1) is 10.1. The summed E-state index contributed by atoms with van der Waals surface area (Å²) in [5.41, 5.74) is 0.916. The highest BCUT2D eigenvalue weighted by Crippen LogP contribution is 2.38. The van der Waals surface area contributed by atoms with Gasteiger partial charge in [-0.1, -0.05) is 12.8 Å². The van der Waals surface area contributed by atoms with E-state index in [1.807, 2.05) is 0 Å². The van der Waals surface area contributed by atoms with E-state index in [0.29, 0.717) is 12.3 Å². The number of rotatable bonds is 2. The Morgan fingerprint density at radius 3 is 2.86 bits per heavy atom. The van der Waals surface area contributed by atoms with Gasteiger partial charge in [-0.2, -0.15) is 5.26 Å². The molecule has 1 heterocycles. The molecule has 0 aromatic carbocycles. The van der Waals surface area contributed by atoms with Crippen LogP contribution in [0, 0.1) is 11.3 Å². The summed E-state index contributed by atoms with van der Waals surface area (Å²) in [4.78, 5) is 4.53. The maximum atomic E-state index is 8.61. The van der Waals surface area contributed by atoms with Gasteiger partial charge in [0, 0.05) is 5.92 Å². The van der Waals surface area contributed by atoms with Gasteiger partial charge in [-0.05, 0) is 28.8 Å². The van der Waals surface area contributed by atoms with Crippen LogP contribution in [0.3, 0.4) is 0 Å². The predicted octanol–water partition coefficient (Wildman–Crippen LogP) is 3.63. The number of nitrogens with zero attached hydrogens (tertiary/aromatic N) is 2. The van der Waals surface area contributed by atoms with Crippen LogP contribution >= 0.6 is 27.3 Å². The first-order chi connectivity index (χ1) is 6.81. The zero-order chi connectivity index (χ0) is 9.97. The van der Waals surface area contributed by atoms with Crippen molar-refractivity contribution in [3.05, 3.63) is 14.5 Å². The minimum Gasteiger partial charge on any atom is -0.244 e. The zero-order valence-corrected chi connectivity index (χ0v) is 10.2. The molecule has 0 amide bonds. The van der Waals surface area contributed by atoms with Gasteiger partial charge >= 0.3 is 0 Å². The SMILES string of the molecule is N#CCc1nc(C2CCCC2)sc1Br. The van der Waals surface area contributed by atoms with Crippen LogP contribution in [0.15, 0.2) is 3.79 Å². The summed E-state index contributed by atoms with van der Waals surface area (Å²) in [6.45, 7) is 0. The van der Waals surface area contributed by atoms with Gasteiger partial charge in [-0.25, -0.2) is 4.98 Å². The lowest BCUT2D eigenvalue weighted by Crippen LogP contribution is -1.91. The van der Waals surface area contributed by atoms with Gasteiger partial charge in [0.15, 0.2) is 0 Å². The standard InChI is InChI=1S/C10H11BrN2S/c11-9-8(5-6-12)13-10(14-9)7-3-1-2-4-7/h7H,1-5H2. The largest absolute Gasteiger partial charge is 0.244 e. The number of hydrogen-bond acceptors (Lipinski definition) is 3. The summed E-state index contributed by atoms with van der Waals surface area (Å²) >= 11 is 5.18. The van der Waals surface area contributed by atoms with Gasteiger partial charge in [-0.3, -0.25) is 0 Å². The van der Waals surface area contributed by atoms with E-state index in [-0.39, 0.29) is 0 Å². The van der Waals surface area contributed by atoms with Crippen molar-refractivity contribution in [2.75, 3.05) is 0 Å². The van der Waals surface area contributed by atoms with Crippen LogP contribution in [-0.4, -0.2) is 4.98 Å². The lowest BCUT2D eigenvalue weighted by Gasteiger charge is -2.01. The Balaban J connectivity index is 2.19. The number of thiazole rings is 1. The summed E-state index contributed by atoms with van der Waals surface area (Å²) in [7, 11) is 0. The van der Waals surface area contributed by atoms with Gasteiger partial charge in [0.25, 0.3) is 0 Å². The molecule has 0 unspecified atom stereocenters. The van der Waals surface area contributed by atoms with Crippen molar-refractivity contribution >= 4 is 27.3 Å². The maximum absolute atomic E-state index is 8.61. The summed E-state index contributed by atoms with van der Waals surface area (Å²) in [5, 5.41) is 9.83. The van der Waals surface area contributed by atoms with E-state index < -0.39 is 0 Å². The van der Waals surface area contributed by atoms with Gasteiger partial charge in [0.2, 0.25) is 0 Å². The fourth-order valence-corrected chi connectivity index (χ4v) is 3.59. The van der Waals surface area contributed by atoms with E-state index in [9.17, 15) is 0 Å². The molecule has 0 aliphatic heterocycles. The molecule has 0 atom stereocenters. The molecule has 0 bridgehead atoms. The molecule has 1 fully saturated rings. The molecule has 0 spiro atoms. The van der Waals surface area contributed by atoms with E-state index in [1.165, 1.54) is 30.7 Å². The van der Waals surface area contributed by atoms with Crippen molar-refractivity contribution in [2.45, 2.75) is 38.0 Å². The second-order valence-electron chi connectivity index (χ2n) is 3.59. The summed E-state index contributed by atoms with van der Waals surface area (Å²) < 4.78 is 1.04. The first-order valence-electron chi connectivity index (χ1n) is 4.83. The van der Waals surface area contributed by atoms with E-state index in [0.717, 1.165) is 9.48 Å². The summed E-state index contributed by atoms with van der Waals surface area (Å²) in [6, 6.07) is 2.14. The number of aromatic nitrogens is 1. The minimum atomic E-state index is 0.420. The minimum absolute atomic E-state index is 0.420. The molecule has 1 saturated carbocycles. The van der Waals surface area contributed by atoms with Crippen LogP contribution in [0.5, 0.6) is 0 Å². The Bertz CT molecular complexity index is 361. The molecular weight excluding hydrogens is 260 g/mol. The van der Waals surface area contributed by atoms with Crippen LogP contribution in [0.4, 0.5) is 0 Å². The molecular formula is C10H11BrN2S. The molecule has 2 rings (SSSR count). The Hall–Kier alpha value is -0.400. The smallest absolute Gasteiger partial charge is 0.0971 e. The highest BCUT2D eigenvalue weighted by Gasteiger charge is 2.21. The molecule has 1 aromatic rings. The molecule has 0 N–H and O–H groups in total. The summed E-state index contributed by atoms with van der Waals surface area (Å²) in [5.74, 6) is 0.656. The molecule has 1 aliphatic carbocycles. The van der Waals surface area contributed by atoms with Crippen molar-refractivity contribution in [1.29, 1.82) is 5.26 Å². The highest BCUT2D eigenvalue weighted by atomic mass is 79.9. The van der Waals surface area contributed by atoms with E-state index >= 15 is 0 Å². The lowest BCUT2D eigenvalue weighted by molar-refractivity contribution is 0.713. The molecule has 74 valence electrons. The van der Waals surface area contributed by atoms with Crippen molar-refractivity contribution in [2.24, 2.45) is 0 Å². The van der Waals surface area contributed by atoms with Crippen LogP contribution in [0.1, 0.15) is 42.3 Å². The molecule has 4 heteroatoms. The maximum Gasteiger partial charge on any atom is 0.0971 e. The van der Waals surface area contributed by atoms with Crippen LogP contribution in [-0.2, 0) is 6.42 Å². The number of nitriles is 1. The second-order valence-corrected chi connectivity index (χ2v) is 5.94. The molecule has 1 aromatic heterocycles. The quantitative estimate of drug-likeness (QED) is 0.823. The van der Waals surface area contributed by atoms with Crippen LogP contribution in [0.25, 0.3) is 0 Å². The third kappa shape index (κ3) is 1.99. The van der Waals surface area contributed by atoms with Crippen molar-refractivity contribution in [3.8, 4) is 6.07 Å². The predicted molar refractivity (Wildman–Crippen MR) is 60.3 cm³/mol. The number of halogens is 1. The Kier molecular flexibility index (Phi) is 3.19. The highest BCUT2D eigenvalue weighted by molar-refractivity contribution is 9.11. The lowest BCUT2D eigenvalue weighted by atomic mass is 10.1. The molecule has 0 radical (unpaired) electrons. The van der Waals surface area contributed by atoms with Gasteiger partial charge in [0.05, 0.1) is 27.0 Å². The monoisotopic (exact) mass is 270 g/mol. The van der Waals surface area contributed by atoms with Crippen molar-refractivity contribution in [1.82, 2.24) is 4.98 Å². The molecule has 14 heavy (non-hydrogen) atoms. The average molecular weight is 271 g/mol. The summed E-state index contributed by atoms with van der Waals surface area (Å²) in [6.07, 6.45) is 5.62. The Labute approximate surface area is 96.1 Å². The van der Waals surface area contributed by atoms with E-state index in [2.05, 4.69) is 27.0 Å². The second kappa shape index (κ2) is 4.41. The van der Waals surface area contributed by atoms with Crippen molar-refractivity contribution < 1.29 is 0 Å². The Morgan fingerprint density at radius 1 is 1.50 bits per heavy atom. The first-order valence-corrected chi connectivity index (χ1v) is 6.44. The molecule has 1 aliphatic rings. The molecule has 2 nitrogen and oxygen atoms in total. The Morgan fingerprint density at radius 2 is 2.21 bits per heavy atom. The third-order valence-corrected chi connectivity index (χ3v) is 4.61. The van der Waals surface area contributed by atoms with E-state index in [1.54, 1.807) is 11.3 Å². The van der Waals surface area contributed by atoms with Gasteiger partial charge in [0.1, 0.15) is 0 Å². The fourth-order valence-electron chi connectivity index (χ4n) is 1.88. The zero-order valence-electron chi connectivity index (χ0n) is 7.79. The topological polar surface area (TPSA) is 36.7 Å². The normalized spacial score (nSPS) is 17.1. The molecule has 0 saturated heterocycles. The van der Waals surface area contributed by atoms with Gasteiger partial charge < -0.3 is 0 Å². The van der Waals surface area contributed by atoms with E-state index in [4.69, 9.17) is 5.26 Å². The van der Waals surface area contributed by atoms with Crippen molar-refractivity contribution in [3.63, 3.8) is 0 Å². The van der Waals surface area contributed by atoms with Crippen LogP contribution < -0.4 is 0 Å². The average Bonchev–Trinajstić information content (AvgIpc) is 2.76. The third-order valence-electron chi connectivity index (χ3n) is 2.62. The fraction of sp³-hybridized carbons (Fsp3) is 0.600.